The lowest BCUT2D eigenvalue weighted by molar-refractivity contribution is -0.0293. The molecule has 3 unspecified atom stereocenters. The molecule has 0 aromatic carbocycles. The van der Waals surface area contributed by atoms with Crippen LogP contribution in [0.4, 0.5) is 0 Å². The molecule has 1 rings (SSSR count). The van der Waals surface area contributed by atoms with Gasteiger partial charge in [0.05, 0.1) is 26.6 Å². The van der Waals surface area contributed by atoms with Crippen molar-refractivity contribution < 1.29 is 16.0 Å². The fourth-order valence-electron chi connectivity index (χ4n) is 1.21. The van der Waals surface area contributed by atoms with E-state index in [9.17, 15) is 5.11 Å². The SMILES string of the molecule is [2H]NCOCC1OC([B][B])CC1O. The number of aliphatic hydroxyl groups excluding tert-OH is 1. The lowest BCUT2D eigenvalue weighted by atomic mass is 9.51. The first-order valence-electron chi connectivity index (χ1n) is 4.39. The molecular formula is C6H12B2NO3. The molecule has 0 aromatic heterocycles. The maximum absolute atomic E-state index is 9.44. The van der Waals surface area contributed by atoms with Crippen LogP contribution in [0.15, 0.2) is 0 Å². The summed E-state index contributed by atoms with van der Waals surface area (Å²) in [5.74, 6) is 0. The molecule has 0 amide bonds. The Morgan fingerprint density at radius 3 is 3.33 bits per heavy atom. The lowest BCUT2D eigenvalue weighted by Crippen LogP contribution is -2.28. The number of nitrogens with two attached hydrogens (primary N) is 1. The molecule has 1 aliphatic rings. The van der Waals surface area contributed by atoms with Crippen LogP contribution in [0.2, 0.25) is 1.41 Å². The zero-order valence-electron chi connectivity index (χ0n) is 7.77. The van der Waals surface area contributed by atoms with E-state index in [-0.39, 0.29) is 25.4 Å². The molecule has 0 spiro atoms. The van der Waals surface area contributed by atoms with Crippen LogP contribution in [0.5, 0.6) is 0 Å². The Morgan fingerprint density at radius 1 is 1.92 bits per heavy atom. The third-order valence-corrected chi connectivity index (χ3v) is 1.85. The van der Waals surface area contributed by atoms with Gasteiger partial charge in [0.1, 0.15) is 7.52 Å². The van der Waals surface area contributed by atoms with Gasteiger partial charge in [0, 0.05) is 13.7 Å². The van der Waals surface area contributed by atoms with Gasteiger partial charge in [-0.3, -0.25) is 0 Å². The molecule has 1 aliphatic heterocycles. The summed E-state index contributed by atoms with van der Waals surface area (Å²) in [6.07, 6.45) is -0.354. The highest BCUT2D eigenvalue weighted by atomic mass is 16.6. The molecule has 4 nitrogen and oxygen atoms in total. The molecule has 12 heavy (non-hydrogen) atoms. The van der Waals surface area contributed by atoms with E-state index in [1.165, 1.54) is 7.17 Å². The zero-order chi connectivity index (χ0) is 9.68. The van der Waals surface area contributed by atoms with Gasteiger partial charge in [-0.1, -0.05) is 0 Å². The second-order valence-electron chi connectivity index (χ2n) is 2.72. The van der Waals surface area contributed by atoms with Crippen LogP contribution >= 0.6 is 0 Å². The summed E-state index contributed by atoms with van der Waals surface area (Å²) in [5.41, 5.74) is 2.09. The number of hydrogen-bond donors (Lipinski definition) is 2. The van der Waals surface area contributed by atoms with E-state index in [0.717, 1.165) is 0 Å². The predicted octanol–water partition coefficient (Wildman–Crippen LogP) is -1.82. The smallest absolute Gasteiger partial charge is 0.121 e. The fourth-order valence-corrected chi connectivity index (χ4v) is 1.21. The summed E-state index contributed by atoms with van der Waals surface area (Å²) >= 11 is 0. The first-order valence-corrected chi connectivity index (χ1v) is 3.89. The highest BCUT2D eigenvalue weighted by molar-refractivity contribution is 6.90. The molecule has 0 aromatic rings. The third-order valence-electron chi connectivity index (χ3n) is 1.85. The Bertz CT molecular complexity index is 154. The van der Waals surface area contributed by atoms with E-state index < -0.39 is 6.10 Å². The van der Waals surface area contributed by atoms with Gasteiger partial charge in [0.2, 0.25) is 0 Å². The van der Waals surface area contributed by atoms with Gasteiger partial charge in [-0.25, -0.2) is 0 Å². The molecule has 1 heterocycles. The Morgan fingerprint density at radius 2 is 2.75 bits per heavy atom. The summed E-state index contributed by atoms with van der Waals surface area (Å²) in [6, 6.07) is -0.187. The quantitative estimate of drug-likeness (QED) is 0.289. The van der Waals surface area contributed by atoms with Crippen LogP contribution in [-0.4, -0.2) is 51.6 Å². The maximum Gasteiger partial charge on any atom is 0.121 e. The van der Waals surface area contributed by atoms with E-state index in [4.69, 9.17) is 18.6 Å². The summed E-state index contributed by atoms with van der Waals surface area (Å²) in [7, 11) is 6.69. The number of rotatable bonds is 5. The van der Waals surface area contributed by atoms with Crippen molar-refractivity contribution >= 4 is 14.9 Å². The largest absolute Gasteiger partial charge is 0.390 e. The number of aliphatic hydroxyl groups is 1. The Balaban J connectivity index is 2.18. The van der Waals surface area contributed by atoms with Crippen molar-refractivity contribution in [2.24, 2.45) is 5.73 Å². The van der Waals surface area contributed by atoms with Crippen LogP contribution < -0.4 is 5.73 Å². The predicted molar refractivity (Wildman–Crippen MR) is 45.8 cm³/mol. The Kier molecular flexibility index (Phi) is 3.47. The van der Waals surface area contributed by atoms with E-state index >= 15 is 0 Å². The highest BCUT2D eigenvalue weighted by Gasteiger charge is 2.32. The summed E-state index contributed by atoms with van der Waals surface area (Å²) < 4.78 is 16.9. The maximum atomic E-state index is 9.44. The minimum Gasteiger partial charge on any atom is -0.390 e. The number of hydrogen-bond acceptors (Lipinski definition) is 4. The average molecular weight is 169 g/mol. The Hall–Kier alpha value is -0.0301. The van der Waals surface area contributed by atoms with E-state index in [2.05, 4.69) is 5.73 Å². The first kappa shape index (κ1) is 8.56. The van der Waals surface area contributed by atoms with Crippen LogP contribution in [0, 0.1) is 0 Å². The molecule has 6 heteroatoms. The highest BCUT2D eigenvalue weighted by Crippen LogP contribution is 2.19. The second kappa shape index (κ2) is 4.87. The van der Waals surface area contributed by atoms with Crippen molar-refractivity contribution in [2.45, 2.75) is 24.6 Å². The van der Waals surface area contributed by atoms with Gasteiger partial charge in [-0.15, -0.1) is 0 Å². The first-order chi connectivity index (χ1) is 6.27. The van der Waals surface area contributed by atoms with E-state index in [1.54, 1.807) is 0 Å². The van der Waals surface area contributed by atoms with Crippen LogP contribution in [0.25, 0.3) is 0 Å². The molecule has 3 N–H and O–H groups in total. The fraction of sp³-hybridized carbons (Fsp3) is 1.00. The van der Waals surface area contributed by atoms with Crippen molar-refractivity contribution in [3.05, 3.63) is 0 Å². The monoisotopic (exact) mass is 169 g/mol. The molecule has 65 valence electrons. The molecule has 1 fully saturated rings. The van der Waals surface area contributed by atoms with Crippen molar-refractivity contribution in [3.63, 3.8) is 0 Å². The lowest BCUT2D eigenvalue weighted by Gasteiger charge is -2.13. The third kappa shape index (κ3) is 2.48. The summed E-state index contributed by atoms with van der Waals surface area (Å²) in [4.78, 5) is 0. The topological polar surface area (TPSA) is 64.7 Å². The zero-order valence-corrected chi connectivity index (χ0v) is 6.77. The second-order valence-corrected chi connectivity index (χ2v) is 2.72. The van der Waals surface area contributed by atoms with Crippen LogP contribution in [-0.2, 0) is 9.47 Å². The normalized spacial score (nSPS) is 36.4. The molecule has 0 bridgehead atoms. The molecule has 3 atom stereocenters. The van der Waals surface area contributed by atoms with Crippen molar-refractivity contribution in [3.8, 4) is 0 Å². The van der Waals surface area contributed by atoms with Gasteiger partial charge >= 0.3 is 0 Å². The van der Waals surface area contributed by atoms with Gasteiger partial charge in [-0.05, 0) is 6.42 Å². The molecule has 0 aliphatic carbocycles. The van der Waals surface area contributed by atoms with Gasteiger partial charge in [-0.2, -0.15) is 0 Å². The summed E-state index contributed by atoms with van der Waals surface area (Å²) in [6.45, 7) is 0.404. The Labute approximate surface area is 75.5 Å². The van der Waals surface area contributed by atoms with Crippen LogP contribution in [0.3, 0.4) is 0 Å². The molecule has 0 saturated carbocycles. The van der Waals surface area contributed by atoms with Gasteiger partial charge < -0.3 is 20.3 Å². The molecule has 1 saturated heterocycles. The van der Waals surface area contributed by atoms with Crippen molar-refractivity contribution in [2.75, 3.05) is 13.3 Å². The number of ether oxygens (including phenoxy) is 2. The average Bonchev–Trinajstić information content (AvgIpc) is 2.48. The minimum atomic E-state index is -0.532. The van der Waals surface area contributed by atoms with Crippen molar-refractivity contribution in [1.82, 2.24) is 0 Å². The van der Waals surface area contributed by atoms with Gasteiger partial charge in [0.15, 0.2) is 0 Å². The summed E-state index contributed by atoms with van der Waals surface area (Å²) in [5, 5.41) is 9.44. The van der Waals surface area contributed by atoms with E-state index in [0.29, 0.717) is 6.42 Å². The molecule has 3 radical (unpaired) electrons. The van der Waals surface area contributed by atoms with E-state index in [1.807, 2.05) is 0 Å². The van der Waals surface area contributed by atoms with Crippen molar-refractivity contribution in [1.29, 1.82) is 0 Å². The minimum absolute atomic E-state index is 0.129. The van der Waals surface area contributed by atoms with Crippen LogP contribution in [0.1, 0.15) is 6.42 Å². The standard InChI is InChI=1S/C6H12B2NO3/c7-8-6-1-4(10)5(12-6)2-11-3-9/h4-6,10H,1-3,9H2/i/hD. The molecular weight excluding hydrogens is 156 g/mol. The van der Waals surface area contributed by atoms with Gasteiger partial charge in [0.25, 0.3) is 0 Å².